The predicted molar refractivity (Wildman–Crippen MR) is 64.3 cm³/mol. The summed E-state index contributed by atoms with van der Waals surface area (Å²) < 4.78 is 21.5. The van der Waals surface area contributed by atoms with E-state index in [1.54, 1.807) is 0 Å². The maximum Gasteiger partial charge on any atom is 0.398 e. The first kappa shape index (κ1) is 16.3. The largest absolute Gasteiger partial charge is 0.632 e. The maximum atomic E-state index is 12.6. The summed E-state index contributed by atoms with van der Waals surface area (Å²) in [6, 6.07) is 0. The summed E-state index contributed by atoms with van der Waals surface area (Å²) >= 11 is 0. The average Bonchev–Trinajstić information content (AvgIpc) is 2.39. The number of likely N-dealkylation sites (tertiary alicyclic amines) is 1. The lowest BCUT2D eigenvalue weighted by molar-refractivity contribution is -0.902. The van der Waals surface area contributed by atoms with Gasteiger partial charge in [0.05, 0.1) is 13.1 Å². The summed E-state index contributed by atoms with van der Waals surface area (Å²) in [5, 5.41) is 9.70. The minimum absolute atomic E-state index is 0.188. The molecule has 0 radical (unpaired) electrons. The Labute approximate surface area is 105 Å². The van der Waals surface area contributed by atoms with Crippen molar-refractivity contribution in [2.45, 2.75) is 37.6 Å². The van der Waals surface area contributed by atoms with E-state index in [0.717, 1.165) is 12.8 Å². The van der Waals surface area contributed by atoms with Crippen molar-refractivity contribution < 1.29 is 33.4 Å². The second kappa shape index (κ2) is 4.96. The molecule has 1 saturated heterocycles. The normalized spacial score (nSPS) is 22.6. The van der Waals surface area contributed by atoms with E-state index in [1.807, 2.05) is 0 Å². The summed E-state index contributed by atoms with van der Waals surface area (Å²) in [4.78, 5) is 37.1. The van der Waals surface area contributed by atoms with Crippen molar-refractivity contribution in [1.82, 2.24) is 0 Å². The van der Waals surface area contributed by atoms with Gasteiger partial charge in [0.15, 0.2) is 0 Å². The minimum atomic E-state index is -5.27. The third kappa shape index (κ3) is 2.57. The number of hydrogen-bond donors (Lipinski definition) is 4. The van der Waals surface area contributed by atoms with E-state index in [-0.39, 0.29) is 13.1 Å². The Morgan fingerprint density at radius 3 is 1.56 bits per heavy atom. The molecule has 8 nitrogen and oxygen atoms in total. The fraction of sp³-hybridized carbons (Fsp3) is 1.00. The van der Waals surface area contributed by atoms with Crippen LogP contribution in [0.25, 0.3) is 0 Å². The molecule has 1 rings (SSSR count). The Bertz CT molecular complexity index is 370. The van der Waals surface area contributed by atoms with Crippen molar-refractivity contribution in [3.63, 3.8) is 0 Å². The van der Waals surface area contributed by atoms with E-state index < -0.39 is 24.9 Å². The number of rotatable bonds is 3. The first-order chi connectivity index (χ1) is 7.96. The highest BCUT2D eigenvalue weighted by molar-refractivity contribution is 7.71. The summed E-state index contributed by atoms with van der Waals surface area (Å²) in [5.74, 6) is 0. The lowest BCUT2D eigenvalue weighted by atomic mass is 10.2. The topological polar surface area (TPSA) is 138 Å². The van der Waals surface area contributed by atoms with Crippen LogP contribution in [0.15, 0.2) is 0 Å². The van der Waals surface area contributed by atoms with Crippen LogP contribution in [-0.2, 0) is 9.13 Å². The van der Waals surface area contributed by atoms with Gasteiger partial charge >= 0.3 is 15.2 Å². The van der Waals surface area contributed by atoms with E-state index in [0.29, 0.717) is 19.8 Å². The van der Waals surface area contributed by atoms with E-state index in [2.05, 4.69) is 0 Å². The highest BCUT2D eigenvalue weighted by Crippen LogP contribution is 2.72. The molecule has 108 valence electrons. The third-order valence-electron chi connectivity index (χ3n) is 3.66. The minimum Gasteiger partial charge on any atom is -0.632 e. The zero-order chi connectivity index (χ0) is 14.2. The molecule has 0 unspecified atom stereocenters. The maximum absolute atomic E-state index is 12.6. The summed E-state index contributed by atoms with van der Waals surface area (Å²) in [6.45, 7) is 0.326. The standard InChI is InChI=1S/C8H19NO7P2/c1-8(17(11,12)13,18(14,15)16)9(10)6-4-2-3-5-7-9/h2-7H2,1H3,(H2,11,12,13)(H2,14,15,16). The fourth-order valence-corrected chi connectivity index (χ4v) is 4.98. The summed E-state index contributed by atoms with van der Waals surface area (Å²) in [6.07, 6.45) is 2.25. The Hall–Kier alpha value is 0.220. The summed E-state index contributed by atoms with van der Waals surface area (Å²) in [7, 11) is -10.5. The number of quaternary nitrogens is 1. The fourth-order valence-electron chi connectivity index (χ4n) is 2.27. The van der Waals surface area contributed by atoms with Gasteiger partial charge in [0.1, 0.15) is 0 Å². The molecule has 0 aromatic heterocycles. The number of nitrogens with zero attached hydrogens (tertiary/aromatic N) is 1. The second-order valence-corrected chi connectivity index (χ2v) is 9.08. The van der Waals surface area contributed by atoms with Gasteiger partial charge in [-0.2, -0.15) is 0 Å². The lowest BCUT2D eigenvalue weighted by Gasteiger charge is -2.53. The van der Waals surface area contributed by atoms with Crippen molar-refractivity contribution in [3.8, 4) is 0 Å². The van der Waals surface area contributed by atoms with Crippen LogP contribution in [0.2, 0.25) is 0 Å². The number of hydroxylamine groups is 3. The first-order valence-corrected chi connectivity index (χ1v) is 8.88. The molecule has 0 aliphatic carbocycles. The van der Waals surface area contributed by atoms with Crippen molar-refractivity contribution in [1.29, 1.82) is 0 Å². The Kier molecular flexibility index (Phi) is 4.49. The molecule has 0 saturated carbocycles. The van der Waals surface area contributed by atoms with Gasteiger partial charge in [-0.25, -0.2) is 0 Å². The monoisotopic (exact) mass is 303 g/mol. The van der Waals surface area contributed by atoms with Crippen LogP contribution < -0.4 is 0 Å². The van der Waals surface area contributed by atoms with E-state index in [9.17, 15) is 33.9 Å². The smallest absolute Gasteiger partial charge is 0.398 e. The molecule has 0 bridgehead atoms. The van der Waals surface area contributed by atoms with E-state index >= 15 is 0 Å². The molecule has 4 N–H and O–H groups in total. The molecular weight excluding hydrogens is 284 g/mol. The molecule has 1 aliphatic rings. The molecule has 0 atom stereocenters. The molecule has 0 spiro atoms. The molecule has 1 fully saturated rings. The van der Waals surface area contributed by atoms with Crippen molar-refractivity contribution in [3.05, 3.63) is 5.21 Å². The Balaban J connectivity index is 3.35. The van der Waals surface area contributed by atoms with Gasteiger partial charge in [-0.15, -0.1) is 0 Å². The second-order valence-electron chi connectivity index (χ2n) is 4.81. The number of hydrogen-bond acceptors (Lipinski definition) is 3. The Morgan fingerprint density at radius 2 is 1.28 bits per heavy atom. The molecule has 18 heavy (non-hydrogen) atoms. The van der Waals surface area contributed by atoms with Crippen LogP contribution in [-0.4, -0.2) is 42.3 Å². The van der Waals surface area contributed by atoms with Crippen LogP contribution in [0.1, 0.15) is 32.6 Å². The van der Waals surface area contributed by atoms with Crippen molar-refractivity contribution in [2.24, 2.45) is 0 Å². The molecule has 10 heteroatoms. The molecule has 1 heterocycles. The molecule has 0 amide bonds. The molecule has 0 aromatic rings. The zero-order valence-electron chi connectivity index (χ0n) is 10.1. The zero-order valence-corrected chi connectivity index (χ0v) is 11.9. The Morgan fingerprint density at radius 1 is 0.944 bits per heavy atom. The van der Waals surface area contributed by atoms with Gasteiger partial charge in [0, 0.05) is 6.92 Å². The highest BCUT2D eigenvalue weighted by atomic mass is 31.2. The van der Waals surface area contributed by atoms with Gasteiger partial charge in [0.25, 0.3) is 5.02 Å². The van der Waals surface area contributed by atoms with Crippen LogP contribution in [0.3, 0.4) is 0 Å². The SMILES string of the molecule is CC([N+]1([O-])CCCCCC1)(P(=O)(O)O)P(=O)(O)O. The highest BCUT2D eigenvalue weighted by Gasteiger charge is 2.67. The van der Waals surface area contributed by atoms with Crippen LogP contribution >= 0.6 is 15.2 Å². The predicted octanol–water partition coefficient (Wildman–Crippen LogP) is 0.904. The molecule has 1 aliphatic heterocycles. The van der Waals surface area contributed by atoms with Crippen molar-refractivity contribution >= 4 is 15.2 Å². The van der Waals surface area contributed by atoms with Crippen molar-refractivity contribution in [2.75, 3.05) is 13.1 Å². The molecule has 0 aromatic carbocycles. The average molecular weight is 303 g/mol. The van der Waals surface area contributed by atoms with Gasteiger partial charge in [-0.3, -0.25) is 9.13 Å². The third-order valence-corrected chi connectivity index (χ3v) is 8.16. The van der Waals surface area contributed by atoms with E-state index in [4.69, 9.17) is 0 Å². The summed E-state index contributed by atoms with van der Waals surface area (Å²) in [5.41, 5.74) is 0. The van der Waals surface area contributed by atoms with Crippen LogP contribution in [0.4, 0.5) is 0 Å². The van der Waals surface area contributed by atoms with Crippen LogP contribution in [0.5, 0.6) is 0 Å². The lowest BCUT2D eigenvalue weighted by Crippen LogP contribution is -2.58. The van der Waals surface area contributed by atoms with Gasteiger partial charge in [-0.1, -0.05) is 0 Å². The first-order valence-electron chi connectivity index (χ1n) is 5.65. The van der Waals surface area contributed by atoms with E-state index in [1.165, 1.54) is 0 Å². The quantitative estimate of drug-likeness (QED) is 0.345. The van der Waals surface area contributed by atoms with Gasteiger partial charge < -0.3 is 29.4 Å². The molecular formula is C8H19NO7P2. The van der Waals surface area contributed by atoms with Gasteiger partial charge in [0.2, 0.25) is 0 Å². The van der Waals surface area contributed by atoms with Gasteiger partial charge in [-0.05, 0) is 25.7 Å². The van der Waals surface area contributed by atoms with Crippen LogP contribution in [0, 0.1) is 5.21 Å².